The minimum Gasteiger partial charge on any atom is -0.464 e. The molecule has 0 bridgehead atoms. The fourth-order valence-corrected chi connectivity index (χ4v) is 3.04. The Morgan fingerprint density at radius 3 is 2.82 bits per heavy atom. The van der Waals surface area contributed by atoms with Crippen LogP contribution in [-0.4, -0.2) is 64.7 Å². The molecule has 0 N–H and O–H groups in total. The number of hydrogen-bond acceptors (Lipinski definition) is 7. The van der Waals surface area contributed by atoms with Gasteiger partial charge in [0, 0.05) is 32.0 Å². The zero-order valence-corrected chi connectivity index (χ0v) is 13.3. The van der Waals surface area contributed by atoms with Crippen molar-refractivity contribution >= 4 is 5.97 Å². The van der Waals surface area contributed by atoms with Crippen LogP contribution in [0.3, 0.4) is 0 Å². The standard InChI is InChI=1S/C15H24N4O3/c1-11(2)14-16-13(17-22-14)10-18-5-3-6-19(8-7-18)12-4-9-21-15(12)20/h11-12H,3-10H2,1-2H3/t12-/m0/s1. The average molecular weight is 308 g/mol. The van der Waals surface area contributed by atoms with Crippen LogP contribution in [0.5, 0.6) is 0 Å². The molecular weight excluding hydrogens is 284 g/mol. The van der Waals surface area contributed by atoms with Crippen LogP contribution in [-0.2, 0) is 16.1 Å². The SMILES string of the molecule is CC(C)c1nc(CN2CCCN([C@H]3CCOC3=O)CC2)no1. The molecule has 3 heterocycles. The van der Waals surface area contributed by atoms with Gasteiger partial charge in [0.15, 0.2) is 5.82 Å². The Kier molecular flexibility index (Phi) is 4.73. The number of esters is 1. The van der Waals surface area contributed by atoms with Crippen molar-refractivity contribution in [2.45, 2.75) is 45.2 Å². The molecule has 22 heavy (non-hydrogen) atoms. The van der Waals surface area contributed by atoms with Crippen molar-refractivity contribution in [3.63, 3.8) is 0 Å². The number of carbonyl (C=O) groups is 1. The largest absolute Gasteiger partial charge is 0.464 e. The average Bonchev–Trinajstić information content (AvgIpc) is 3.05. The van der Waals surface area contributed by atoms with Gasteiger partial charge < -0.3 is 9.26 Å². The monoisotopic (exact) mass is 308 g/mol. The molecule has 0 spiro atoms. The molecule has 0 aliphatic carbocycles. The van der Waals surface area contributed by atoms with E-state index in [-0.39, 0.29) is 17.9 Å². The van der Waals surface area contributed by atoms with Crippen molar-refractivity contribution in [1.29, 1.82) is 0 Å². The third kappa shape index (κ3) is 3.47. The second-order valence-corrected chi connectivity index (χ2v) is 6.34. The summed E-state index contributed by atoms with van der Waals surface area (Å²) in [6.45, 7) is 9.08. The van der Waals surface area contributed by atoms with Crippen molar-refractivity contribution in [3.8, 4) is 0 Å². The van der Waals surface area contributed by atoms with Gasteiger partial charge >= 0.3 is 5.97 Å². The molecule has 2 saturated heterocycles. The van der Waals surface area contributed by atoms with Crippen LogP contribution in [0.4, 0.5) is 0 Å². The molecule has 0 radical (unpaired) electrons. The lowest BCUT2D eigenvalue weighted by Crippen LogP contribution is -2.41. The summed E-state index contributed by atoms with van der Waals surface area (Å²) in [7, 11) is 0. The van der Waals surface area contributed by atoms with Gasteiger partial charge in [0.1, 0.15) is 6.04 Å². The minimum absolute atomic E-state index is 0.0438. The van der Waals surface area contributed by atoms with Gasteiger partial charge in [0.25, 0.3) is 0 Å². The first kappa shape index (κ1) is 15.4. The molecule has 1 aromatic rings. The highest BCUT2D eigenvalue weighted by molar-refractivity contribution is 5.77. The van der Waals surface area contributed by atoms with Gasteiger partial charge in [-0.2, -0.15) is 4.98 Å². The molecule has 3 rings (SSSR count). The van der Waals surface area contributed by atoms with Crippen LogP contribution in [0.2, 0.25) is 0 Å². The molecule has 1 aromatic heterocycles. The summed E-state index contributed by atoms with van der Waals surface area (Å²) in [4.78, 5) is 20.7. The Morgan fingerprint density at radius 2 is 2.14 bits per heavy atom. The van der Waals surface area contributed by atoms with E-state index in [4.69, 9.17) is 9.26 Å². The Bertz CT molecular complexity index is 517. The van der Waals surface area contributed by atoms with E-state index in [9.17, 15) is 4.79 Å². The van der Waals surface area contributed by atoms with E-state index in [1.54, 1.807) is 0 Å². The maximum Gasteiger partial charge on any atom is 0.323 e. The first-order chi connectivity index (χ1) is 10.6. The molecule has 0 aromatic carbocycles. The molecule has 7 heteroatoms. The fourth-order valence-electron chi connectivity index (χ4n) is 3.04. The van der Waals surface area contributed by atoms with Crippen molar-refractivity contribution in [2.24, 2.45) is 0 Å². The van der Waals surface area contributed by atoms with Crippen molar-refractivity contribution in [3.05, 3.63) is 11.7 Å². The van der Waals surface area contributed by atoms with E-state index >= 15 is 0 Å². The highest BCUT2D eigenvalue weighted by Gasteiger charge is 2.33. The summed E-state index contributed by atoms with van der Waals surface area (Å²) >= 11 is 0. The fraction of sp³-hybridized carbons (Fsp3) is 0.800. The van der Waals surface area contributed by atoms with Crippen LogP contribution in [0.15, 0.2) is 4.52 Å². The molecular formula is C15H24N4O3. The molecule has 7 nitrogen and oxygen atoms in total. The van der Waals surface area contributed by atoms with E-state index < -0.39 is 0 Å². The predicted octanol–water partition coefficient (Wildman–Crippen LogP) is 1.02. The van der Waals surface area contributed by atoms with Gasteiger partial charge in [-0.05, 0) is 13.0 Å². The summed E-state index contributed by atoms with van der Waals surface area (Å²) in [5, 5.41) is 4.06. The zero-order chi connectivity index (χ0) is 15.5. The molecule has 1 atom stereocenters. The molecule has 0 saturated carbocycles. The van der Waals surface area contributed by atoms with Gasteiger partial charge in [-0.3, -0.25) is 14.6 Å². The van der Waals surface area contributed by atoms with Gasteiger partial charge in [-0.1, -0.05) is 19.0 Å². The van der Waals surface area contributed by atoms with Crippen LogP contribution >= 0.6 is 0 Å². The number of aromatic nitrogens is 2. The van der Waals surface area contributed by atoms with Crippen LogP contribution in [0.1, 0.15) is 44.3 Å². The lowest BCUT2D eigenvalue weighted by molar-refractivity contribution is -0.142. The Balaban J connectivity index is 1.54. The van der Waals surface area contributed by atoms with Crippen molar-refractivity contribution in [2.75, 3.05) is 32.8 Å². The lowest BCUT2D eigenvalue weighted by Gasteiger charge is -2.24. The van der Waals surface area contributed by atoms with Gasteiger partial charge in [-0.15, -0.1) is 0 Å². The second-order valence-electron chi connectivity index (χ2n) is 6.34. The molecule has 2 aliphatic rings. The Hall–Kier alpha value is -1.47. The van der Waals surface area contributed by atoms with Crippen molar-refractivity contribution < 1.29 is 14.1 Å². The summed E-state index contributed by atoms with van der Waals surface area (Å²) in [5.41, 5.74) is 0. The normalized spacial score (nSPS) is 24.7. The summed E-state index contributed by atoms with van der Waals surface area (Å²) in [5.74, 6) is 1.64. The first-order valence-electron chi connectivity index (χ1n) is 8.09. The number of carbonyl (C=O) groups excluding carboxylic acids is 1. The molecule has 2 aliphatic heterocycles. The Morgan fingerprint density at radius 1 is 1.27 bits per heavy atom. The van der Waals surface area contributed by atoms with E-state index in [1.807, 2.05) is 13.8 Å². The number of hydrogen-bond donors (Lipinski definition) is 0. The topological polar surface area (TPSA) is 71.7 Å². The third-order valence-electron chi connectivity index (χ3n) is 4.31. The summed E-state index contributed by atoms with van der Waals surface area (Å²) in [6, 6.07) is -0.0438. The Labute approximate surface area is 130 Å². The van der Waals surface area contributed by atoms with E-state index in [0.717, 1.165) is 44.8 Å². The number of ether oxygens (including phenoxy) is 1. The quantitative estimate of drug-likeness (QED) is 0.769. The first-order valence-corrected chi connectivity index (χ1v) is 8.09. The van der Waals surface area contributed by atoms with Crippen molar-refractivity contribution in [1.82, 2.24) is 19.9 Å². The van der Waals surface area contributed by atoms with Crippen LogP contribution < -0.4 is 0 Å². The minimum atomic E-state index is -0.0619. The summed E-state index contributed by atoms with van der Waals surface area (Å²) < 4.78 is 10.3. The lowest BCUT2D eigenvalue weighted by atomic mass is 10.2. The summed E-state index contributed by atoms with van der Waals surface area (Å²) in [6.07, 6.45) is 1.86. The molecule has 122 valence electrons. The van der Waals surface area contributed by atoms with Crippen LogP contribution in [0.25, 0.3) is 0 Å². The maximum atomic E-state index is 11.7. The number of rotatable bonds is 4. The highest BCUT2D eigenvalue weighted by atomic mass is 16.5. The smallest absolute Gasteiger partial charge is 0.323 e. The molecule has 0 unspecified atom stereocenters. The van der Waals surface area contributed by atoms with Gasteiger partial charge in [0.2, 0.25) is 5.89 Å². The van der Waals surface area contributed by atoms with Gasteiger partial charge in [0.05, 0.1) is 13.2 Å². The van der Waals surface area contributed by atoms with E-state index in [1.165, 1.54) is 0 Å². The third-order valence-corrected chi connectivity index (χ3v) is 4.31. The van der Waals surface area contributed by atoms with E-state index in [0.29, 0.717) is 19.0 Å². The molecule has 0 amide bonds. The predicted molar refractivity (Wildman–Crippen MR) is 79.2 cm³/mol. The van der Waals surface area contributed by atoms with E-state index in [2.05, 4.69) is 19.9 Å². The number of nitrogens with zero attached hydrogens (tertiary/aromatic N) is 4. The zero-order valence-electron chi connectivity index (χ0n) is 13.3. The van der Waals surface area contributed by atoms with Gasteiger partial charge in [-0.25, -0.2) is 0 Å². The maximum absolute atomic E-state index is 11.7. The van der Waals surface area contributed by atoms with Crippen LogP contribution in [0, 0.1) is 0 Å². The highest BCUT2D eigenvalue weighted by Crippen LogP contribution is 2.17. The molecule has 2 fully saturated rings. The number of cyclic esters (lactones) is 1. The second kappa shape index (κ2) is 6.75.